The maximum absolute atomic E-state index is 9.15. The van der Waals surface area contributed by atoms with Gasteiger partial charge in [-0.3, -0.25) is 0 Å². The highest BCUT2D eigenvalue weighted by Crippen LogP contribution is 2.32. The average molecular weight is 247 g/mol. The zero-order chi connectivity index (χ0) is 12.5. The molecule has 1 saturated heterocycles. The average Bonchev–Trinajstić information content (AvgIpc) is 2.27. The molecular weight excluding hydrogens is 230 g/mol. The van der Waals surface area contributed by atoms with Gasteiger partial charge in [0.2, 0.25) is 0 Å². The van der Waals surface area contributed by atoms with Gasteiger partial charge in [0.25, 0.3) is 0 Å². The van der Waals surface area contributed by atoms with Gasteiger partial charge in [-0.05, 0) is 32.9 Å². The Bertz CT molecular complexity index is 462. The van der Waals surface area contributed by atoms with Gasteiger partial charge in [-0.25, -0.2) is 4.98 Å². The van der Waals surface area contributed by atoms with E-state index in [4.69, 9.17) is 5.26 Å². The number of aromatic nitrogens is 1. The summed E-state index contributed by atoms with van der Waals surface area (Å²) in [6, 6.07) is 6.00. The minimum atomic E-state index is 0.233. The third-order valence-corrected chi connectivity index (χ3v) is 4.16. The van der Waals surface area contributed by atoms with Gasteiger partial charge in [0.1, 0.15) is 11.9 Å². The number of anilines is 1. The second-order valence-corrected chi connectivity index (χ2v) is 6.77. The Morgan fingerprint density at radius 2 is 2.24 bits per heavy atom. The fourth-order valence-electron chi connectivity index (χ4n) is 2.07. The lowest BCUT2D eigenvalue weighted by molar-refractivity contribution is 0.641. The van der Waals surface area contributed by atoms with Crippen molar-refractivity contribution in [3.63, 3.8) is 0 Å². The molecule has 0 radical (unpaired) electrons. The molecule has 1 aliphatic heterocycles. The highest BCUT2D eigenvalue weighted by atomic mass is 32.2. The summed E-state index contributed by atoms with van der Waals surface area (Å²) < 4.78 is 0.233. The number of pyridine rings is 1. The molecule has 2 rings (SSSR count). The summed E-state index contributed by atoms with van der Waals surface area (Å²) >= 11 is 1.98. The van der Waals surface area contributed by atoms with Gasteiger partial charge in [0.15, 0.2) is 0 Å². The smallest absolute Gasteiger partial charge is 0.146 e. The number of hydrogen-bond acceptors (Lipinski definition) is 4. The molecule has 0 spiro atoms. The molecule has 1 aliphatic rings. The molecule has 0 bridgehead atoms. The standard InChI is InChI=1S/C13H17N3S/c1-10-4-5-11(8-14)12(15-10)16-6-7-17-13(2,3)9-16/h4-5H,6-7,9H2,1-3H3. The topological polar surface area (TPSA) is 39.9 Å². The molecule has 4 heteroatoms. The van der Waals surface area contributed by atoms with Gasteiger partial charge < -0.3 is 4.90 Å². The Balaban J connectivity index is 2.33. The van der Waals surface area contributed by atoms with Gasteiger partial charge in [-0.15, -0.1) is 0 Å². The van der Waals surface area contributed by atoms with Crippen molar-refractivity contribution in [2.75, 3.05) is 23.7 Å². The Morgan fingerprint density at radius 3 is 2.88 bits per heavy atom. The first-order valence-electron chi connectivity index (χ1n) is 5.78. The van der Waals surface area contributed by atoms with E-state index in [-0.39, 0.29) is 4.75 Å². The molecule has 1 aromatic heterocycles. The first-order chi connectivity index (χ1) is 8.02. The molecule has 0 unspecified atom stereocenters. The first kappa shape index (κ1) is 12.3. The molecular formula is C13H17N3S. The quantitative estimate of drug-likeness (QED) is 0.764. The summed E-state index contributed by atoms with van der Waals surface area (Å²) in [4.78, 5) is 6.77. The van der Waals surface area contributed by atoms with E-state index in [0.717, 1.165) is 30.4 Å². The Morgan fingerprint density at radius 1 is 1.47 bits per heavy atom. The van der Waals surface area contributed by atoms with Gasteiger partial charge in [0, 0.05) is 29.3 Å². The summed E-state index contributed by atoms with van der Waals surface area (Å²) in [5.74, 6) is 1.94. The molecule has 3 nitrogen and oxygen atoms in total. The summed E-state index contributed by atoms with van der Waals surface area (Å²) in [5, 5.41) is 9.15. The summed E-state index contributed by atoms with van der Waals surface area (Å²) in [6.45, 7) is 8.37. The van der Waals surface area contributed by atoms with Crippen molar-refractivity contribution >= 4 is 17.6 Å². The van der Waals surface area contributed by atoms with Crippen molar-refractivity contribution in [2.45, 2.75) is 25.5 Å². The number of thioether (sulfide) groups is 1. The minimum absolute atomic E-state index is 0.233. The van der Waals surface area contributed by atoms with Gasteiger partial charge in [-0.1, -0.05) is 0 Å². The molecule has 0 aromatic carbocycles. The van der Waals surface area contributed by atoms with Crippen molar-refractivity contribution in [1.29, 1.82) is 5.26 Å². The van der Waals surface area contributed by atoms with Crippen molar-refractivity contribution < 1.29 is 0 Å². The van der Waals surface area contributed by atoms with Crippen molar-refractivity contribution in [3.05, 3.63) is 23.4 Å². The van der Waals surface area contributed by atoms with Crippen LogP contribution < -0.4 is 4.90 Å². The summed E-state index contributed by atoms with van der Waals surface area (Å²) in [6.07, 6.45) is 0. The van der Waals surface area contributed by atoms with Crippen LogP contribution in [-0.2, 0) is 0 Å². The van der Waals surface area contributed by atoms with Crippen molar-refractivity contribution in [2.24, 2.45) is 0 Å². The Hall–Kier alpha value is -1.21. The maximum atomic E-state index is 9.15. The molecule has 0 N–H and O–H groups in total. The molecule has 90 valence electrons. The molecule has 0 amide bonds. The van der Waals surface area contributed by atoms with E-state index < -0.39 is 0 Å². The van der Waals surface area contributed by atoms with Gasteiger partial charge in [0.05, 0.1) is 5.56 Å². The van der Waals surface area contributed by atoms with E-state index in [0.29, 0.717) is 5.56 Å². The third kappa shape index (κ3) is 2.73. The lowest BCUT2D eigenvalue weighted by atomic mass is 10.1. The van der Waals surface area contributed by atoms with E-state index in [1.54, 1.807) is 0 Å². The van der Waals surface area contributed by atoms with Crippen LogP contribution in [0, 0.1) is 18.3 Å². The number of nitrogens with zero attached hydrogens (tertiary/aromatic N) is 3. The van der Waals surface area contributed by atoms with Crippen LogP contribution in [0.4, 0.5) is 5.82 Å². The van der Waals surface area contributed by atoms with Crippen LogP contribution in [0.25, 0.3) is 0 Å². The molecule has 17 heavy (non-hydrogen) atoms. The van der Waals surface area contributed by atoms with Crippen LogP contribution in [0.1, 0.15) is 25.1 Å². The monoisotopic (exact) mass is 247 g/mol. The molecule has 0 saturated carbocycles. The molecule has 2 heterocycles. The van der Waals surface area contributed by atoms with E-state index >= 15 is 0 Å². The normalized spacial score (nSPS) is 18.8. The first-order valence-corrected chi connectivity index (χ1v) is 6.77. The molecule has 0 atom stereocenters. The maximum Gasteiger partial charge on any atom is 0.146 e. The molecule has 1 fully saturated rings. The fourth-order valence-corrected chi connectivity index (χ4v) is 3.18. The van der Waals surface area contributed by atoms with E-state index in [1.165, 1.54) is 0 Å². The van der Waals surface area contributed by atoms with E-state index in [2.05, 4.69) is 29.8 Å². The number of nitriles is 1. The second kappa shape index (κ2) is 4.58. The number of rotatable bonds is 1. The largest absolute Gasteiger partial charge is 0.353 e. The van der Waals surface area contributed by atoms with Gasteiger partial charge in [-0.2, -0.15) is 17.0 Å². The molecule has 0 aliphatic carbocycles. The Labute approximate surface area is 107 Å². The summed E-state index contributed by atoms with van der Waals surface area (Å²) in [7, 11) is 0. The zero-order valence-corrected chi connectivity index (χ0v) is 11.3. The van der Waals surface area contributed by atoms with Crippen LogP contribution in [0.15, 0.2) is 12.1 Å². The van der Waals surface area contributed by atoms with E-state index in [1.807, 2.05) is 30.8 Å². The predicted molar refractivity (Wildman–Crippen MR) is 72.4 cm³/mol. The highest BCUT2D eigenvalue weighted by molar-refractivity contribution is 8.00. The lowest BCUT2D eigenvalue weighted by Gasteiger charge is -2.38. The Kier molecular flexibility index (Phi) is 3.30. The second-order valence-electron chi connectivity index (χ2n) is 4.97. The van der Waals surface area contributed by atoms with Crippen LogP contribution in [-0.4, -0.2) is 28.6 Å². The van der Waals surface area contributed by atoms with Crippen LogP contribution in [0.2, 0.25) is 0 Å². The van der Waals surface area contributed by atoms with Crippen LogP contribution >= 0.6 is 11.8 Å². The van der Waals surface area contributed by atoms with Crippen LogP contribution in [0.5, 0.6) is 0 Å². The van der Waals surface area contributed by atoms with Gasteiger partial charge >= 0.3 is 0 Å². The van der Waals surface area contributed by atoms with E-state index in [9.17, 15) is 0 Å². The van der Waals surface area contributed by atoms with Crippen LogP contribution in [0.3, 0.4) is 0 Å². The number of hydrogen-bond donors (Lipinski definition) is 0. The SMILES string of the molecule is Cc1ccc(C#N)c(N2CCSC(C)(C)C2)n1. The van der Waals surface area contributed by atoms with Crippen molar-refractivity contribution in [1.82, 2.24) is 4.98 Å². The van der Waals surface area contributed by atoms with Crippen molar-refractivity contribution in [3.8, 4) is 6.07 Å². The number of aryl methyl sites for hydroxylation is 1. The lowest BCUT2D eigenvalue weighted by Crippen LogP contribution is -2.43. The highest BCUT2D eigenvalue weighted by Gasteiger charge is 2.28. The minimum Gasteiger partial charge on any atom is -0.353 e. The summed E-state index contributed by atoms with van der Waals surface area (Å²) in [5.41, 5.74) is 1.65. The third-order valence-electron chi connectivity index (χ3n) is 2.86. The predicted octanol–water partition coefficient (Wildman–Crippen LogP) is 2.59. The fraction of sp³-hybridized carbons (Fsp3) is 0.538. The molecule has 1 aromatic rings. The zero-order valence-electron chi connectivity index (χ0n) is 10.5.